The van der Waals surface area contributed by atoms with E-state index in [0.717, 1.165) is 0 Å². The van der Waals surface area contributed by atoms with E-state index in [1.807, 2.05) is 0 Å². The summed E-state index contributed by atoms with van der Waals surface area (Å²) in [5.74, 6) is -1.08. The lowest BCUT2D eigenvalue weighted by Gasteiger charge is -2.10. The first-order chi connectivity index (χ1) is 11.0. The zero-order valence-corrected chi connectivity index (χ0v) is 12.5. The van der Waals surface area contributed by atoms with Crippen molar-refractivity contribution in [3.05, 3.63) is 64.6 Å². The first-order valence-corrected chi connectivity index (χ1v) is 7.04. The van der Waals surface area contributed by atoms with Crippen molar-refractivity contribution in [2.24, 2.45) is 5.73 Å². The maximum absolute atomic E-state index is 13.2. The van der Waals surface area contributed by atoms with Gasteiger partial charge in [0.15, 0.2) is 0 Å². The van der Waals surface area contributed by atoms with Crippen LogP contribution in [0.1, 0.15) is 15.9 Å². The van der Waals surface area contributed by atoms with E-state index in [0.29, 0.717) is 16.6 Å². The molecule has 0 spiro atoms. The van der Waals surface area contributed by atoms with Crippen LogP contribution in [0.4, 0.5) is 4.39 Å². The van der Waals surface area contributed by atoms with Crippen LogP contribution in [0.3, 0.4) is 0 Å². The Morgan fingerprint density at radius 2 is 2.09 bits per heavy atom. The molecule has 3 aromatic rings. The number of primary amides is 1. The van der Waals surface area contributed by atoms with E-state index in [4.69, 9.17) is 22.1 Å². The summed E-state index contributed by atoms with van der Waals surface area (Å²) in [6, 6.07) is 9.22. The monoisotopic (exact) mass is 331 g/mol. The Kier molecular flexibility index (Phi) is 4.08. The van der Waals surface area contributed by atoms with Crippen molar-refractivity contribution in [1.82, 2.24) is 9.97 Å². The minimum atomic E-state index is -0.669. The van der Waals surface area contributed by atoms with Gasteiger partial charge in [0, 0.05) is 6.20 Å². The van der Waals surface area contributed by atoms with Crippen molar-refractivity contribution in [1.29, 1.82) is 0 Å². The zero-order chi connectivity index (χ0) is 16.4. The Morgan fingerprint density at radius 1 is 1.26 bits per heavy atom. The molecule has 1 aromatic carbocycles. The van der Waals surface area contributed by atoms with Crippen LogP contribution in [0, 0.1) is 5.82 Å². The van der Waals surface area contributed by atoms with E-state index in [-0.39, 0.29) is 23.1 Å². The lowest BCUT2D eigenvalue weighted by molar-refractivity contribution is 0.0995. The van der Waals surface area contributed by atoms with Gasteiger partial charge in [0.2, 0.25) is 5.88 Å². The molecule has 0 atom stereocenters. The number of fused-ring (bicyclic) bond motifs is 1. The Hall–Kier alpha value is -2.73. The number of amides is 1. The fourth-order valence-corrected chi connectivity index (χ4v) is 2.25. The molecule has 0 aliphatic rings. The number of carbonyl (C=O) groups excluding carboxylic acids is 1. The third-order valence-corrected chi connectivity index (χ3v) is 3.46. The highest BCUT2D eigenvalue weighted by Crippen LogP contribution is 2.22. The van der Waals surface area contributed by atoms with E-state index in [9.17, 15) is 9.18 Å². The number of hydrogen-bond donors (Lipinski definition) is 1. The summed E-state index contributed by atoms with van der Waals surface area (Å²) < 4.78 is 18.7. The van der Waals surface area contributed by atoms with Gasteiger partial charge in [0.25, 0.3) is 5.91 Å². The fraction of sp³-hybridized carbons (Fsp3) is 0.0625. The molecule has 3 rings (SSSR count). The quantitative estimate of drug-likeness (QED) is 0.796. The van der Waals surface area contributed by atoms with Gasteiger partial charge in [-0.3, -0.25) is 9.78 Å². The van der Waals surface area contributed by atoms with E-state index in [2.05, 4.69) is 9.97 Å². The predicted octanol–water partition coefficient (Wildman–Crippen LogP) is 3.10. The molecule has 5 nitrogen and oxygen atoms in total. The van der Waals surface area contributed by atoms with Crippen LogP contribution in [0.5, 0.6) is 5.88 Å². The Labute approximate surface area is 135 Å². The number of hydrogen-bond acceptors (Lipinski definition) is 4. The van der Waals surface area contributed by atoms with Crippen LogP contribution in [0.15, 0.2) is 42.6 Å². The molecule has 0 aliphatic carbocycles. The second kappa shape index (κ2) is 6.18. The maximum atomic E-state index is 13.2. The highest BCUT2D eigenvalue weighted by atomic mass is 35.5. The smallest absolute Gasteiger partial charge is 0.254 e. The molecule has 2 aromatic heterocycles. The first-order valence-electron chi connectivity index (χ1n) is 6.67. The Bertz CT molecular complexity index is 902. The molecular formula is C16H11ClFN3O2. The van der Waals surface area contributed by atoms with E-state index >= 15 is 0 Å². The average Bonchev–Trinajstić information content (AvgIpc) is 2.55. The lowest BCUT2D eigenvalue weighted by Crippen LogP contribution is -2.14. The van der Waals surface area contributed by atoms with Gasteiger partial charge >= 0.3 is 0 Å². The number of benzene rings is 1. The van der Waals surface area contributed by atoms with Crippen LogP contribution in [0.2, 0.25) is 5.02 Å². The molecule has 116 valence electrons. The van der Waals surface area contributed by atoms with Crippen molar-refractivity contribution in [3.63, 3.8) is 0 Å². The molecule has 0 saturated heterocycles. The van der Waals surface area contributed by atoms with Gasteiger partial charge in [-0.2, -0.15) is 0 Å². The summed E-state index contributed by atoms with van der Waals surface area (Å²) in [7, 11) is 0. The molecular weight excluding hydrogens is 321 g/mol. The Balaban J connectivity index is 1.93. The zero-order valence-electron chi connectivity index (χ0n) is 11.8. The SMILES string of the molecule is NC(=O)c1cc2ncccc2nc1OCc1ccc(F)c(Cl)c1. The van der Waals surface area contributed by atoms with Gasteiger partial charge in [-0.1, -0.05) is 17.7 Å². The fourth-order valence-electron chi connectivity index (χ4n) is 2.05. The number of pyridine rings is 2. The molecule has 0 saturated carbocycles. The molecule has 2 heterocycles. The summed E-state index contributed by atoms with van der Waals surface area (Å²) in [5.41, 5.74) is 7.24. The van der Waals surface area contributed by atoms with Crippen molar-refractivity contribution < 1.29 is 13.9 Å². The third kappa shape index (κ3) is 3.22. The normalized spacial score (nSPS) is 10.7. The van der Waals surface area contributed by atoms with Gasteiger partial charge in [-0.25, -0.2) is 9.37 Å². The topological polar surface area (TPSA) is 78.1 Å². The molecule has 0 aliphatic heterocycles. The second-order valence-corrected chi connectivity index (χ2v) is 5.19. The number of ether oxygens (including phenoxy) is 1. The van der Waals surface area contributed by atoms with E-state index < -0.39 is 11.7 Å². The van der Waals surface area contributed by atoms with Crippen molar-refractivity contribution in [3.8, 4) is 5.88 Å². The van der Waals surface area contributed by atoms with Gasteiger partial charge in [0.05, 0.1) is 16.1 Å². The van der Waals surface area contributed by atoms with E-state index in [1.165, 1.54) is 24.3 Å². The first kappa shape index (κ1) is 15.2. The molecule has 7 heteroatoms. The van der Waals surface area contributed by atoms with Crippen LogP contribution >= 0.6 is 11.6 Å². The summed E-state index contributed by atoms with van der Waals surface area (Å²) >= 11 is 5.73. The minimum absolute atomic E-state index is 0.00287. The number of halogens is 2. The Morgan fingerprint density at radius 3 is 2.83 bits per heavy atom. The molecule has 0 unspecified atom stereocenters. The maximum Gasteiger partial charge on any atom is 0.254 e. The van der Waals surface area contributed by atoms with Crippen LogP contribution in [0.25, 0.3) is 11.0 Å². The van der Waals surface area contributed by atoms with Crippen molar-refractivity contribution in [2.45, 2.75) is 6.61 Å². The number of aromatic nitrogens is 2. The minimum Gasteiger partial charge on any atom is -0.472 e. The standard InChI is InChI=1S/C16H11ClFN3O2/c17-11-6-9(3-4-12(11)18)8-23-16-10(15(19)22)7-14-13(21-16)2-1-5-20-14/h1-7H,8H2,(H2,19,22). The number of nitrogens with zero attached hydrogens (tertiary/aromatic N) is 2. The molecule has 0 radical (unpaired) electrons. The largest absolute Gasteiger partial charge is 0.472 e. The number of rotatable bonds is 4. The summed E-state index contributed by atoms with van der Waals surface area (Å²) in [6.07, 6.45) is 1.59. The summed E-state index contributed by atoms with van der Waals surface area (Å²) in [5, 5.41) is -0.00287. The van der Waals surface area contributed by atoms with Crippen LogP contribution in [-0.2, 0) is 6.61 Å². The van der Waals surface area contributed by atoms with Crippen molar-refractivity contribution in [2.75, 3.05) is 0 Å². The molecule has 0 bridgehead atoms. The average molecular weight is 332 g/mol. The molecule has 1 amide bonds. The lowest BCUT2D eigenvalue weighted by atomic mass is 10.2. The third-order valence-electron chi connectivity index (χ3n) is 3.17. The van der Waals surface area contributed by atoms with Crippen LogP contribution in [-0.4, -0.2) is 15.9 Å². The number of nitrogens with two attached hydrogens (primary N) is 1. The summed E-state index contributed by atoms with van der Waals surface area (Å²) in [6.45, 7) is 0.0685. The molecule has 23 heavy (non-hydrogen) atoms. The van der Waals surface area contributed by atoms with Crippen LogP contribution < -0.4 is 10.5 Å². The predicted molar refractivity (Wildman–Crippen MR) is 83.8 cm³/mol. The number of carbonyl (C=O) groups is 1. The summed E-state index contributed by atoms with van der Waals surface area (Å²) in [4.78, 5) is 20.0. The van der Waals surface area contributed by atoms with Crippen molar-refractivity contribution >= 4 is 28.5 Å². The van der Waals surface area contributed by atoms with Gasteiger partial charge in [0.1, 0.15) is 18.0 Å². The second-order valence-electron chi connectivity index (χ2n) is 4.78. The van der Waals surface area contributed by atoms with Gasteiger partial charge < -0.3 is 10.5 Å². The molecule has 0 fully saturated rings. The van der Waals surface area contributed by atoms with E-state index in [1.54, 1.807) is 18.3 Å². The highest BCUT2D eigenvalue weighted by molar-refractivity contribution is 6.30. The van der Waals surface area contributed by atoms with Gasteiger partial charge in [-0.05, 0) is 35.9 Å². The molecule has 2 N–H and O–H groups in total. The highest BCUT2D eigenvalue weighted by Gasteiger charge is 2.14. The van der Waals surface area contributed by atoms with Gasteiger partial charge in [-0.15, -0.1) is 0 Å².